The first-order valence-corrected chi connectivity index (χ1v) is 5.48. The number of alkyl halides is 3. The zero-order valence-electron chi connectivity index (χ0n) is 7.81. The van der Waals surface area contributed by atoms with Crippen molar-refractivity contribution in [2.75, 3.05) is 6.61 Å². The molecule has 0 fully saturated rings. The Kier molecular flexibility index (Phi) is 3.55. The molecule has 10 heteroatoms. The first-order valence-electron chi connectivity index (χ1n) is 3.94. The molecule has 0 aliphatic carbocycles. The van der Waals surface area contributed by atoms with Crippen molar-refractivity contribution < 1.29 is 26.3 Å². The number of nitrogens with two attached hydrogens (primary N) is 1. The highest BCUT2D eigenvalue weighted by Crippen LogP contribution is 2.15. The molecule has 0 saturated heterocycles. The lowest BCUT2D eigenvalue weighted by molar-refractivity contribution is -0.325. The maximum atomic E-state index is 11.6. The van der Waals surface area contributed by atoms with E-state index in [0.29, 0.717) is 0 Å². The Bertz CT molecular complexity index is 453. The highest BCUT2D eigenvalue weighted by atomic mass is 32.2. The Balaban J connectivity index is 2.54. The van der Waals surface area contributed by atoms with E-state index in [0.717, 1.165) is 17.1 Å². The summed E-state index contributed by atoms with van der Waals surface area (Å²) < 4.78 is 60.9. The molecule has 1 rings (SSSR count). The van der Waals surface area contributed by atoms with Crippen LogP contribution in [0.15, 0.2) is 17.6 Å². The second-order valence-corrected chi connectivity index (χ2v) is 4.30. The predicted molar refractivity (Wildman–Crippen MR) is 45.6 cm³/mol. The van der Waals surface area contributed by atoms with Crippen LogP contribution in [-0.2, 0) is 21.3 Å². The van der Waals surface area contributed by atoms with Crippen LogP contribution >= 0.6 is 0 Å². The van der Waals surface area contributed by atoms with Crippen molar-refractivity contribution in [2.24, 2.45) is 5.14 Å². The molecule has 0 unspecified atom stereocenters. The Morgan fingerprint density at radius 2 is 2.12 bits per heavy atom. The van der Waals surface area contributed by atoms with Crippen LogP contribution in [0.2, 0.25) is 0 Å². The molecule has 2 N–H and O–H groups in total. The van der Waals surface area contributed by atoms with Gasteiger partial charge in [-0.3, -0.25) is 4.74 Å². The van der Waals surface area contributed by atoms with Crippen LogP contribution in [0.1, 0.15) is 0 Å². The fourth-order valence-corrected chi connectivity index (χ4v) is 1.35. The highest BCUT2D eigenvalue weighted by molar-refractivity contribution is 7.89. The molecule has 0 aliphatic heterocycles. The molecule has 0 spiro atoms. The van der Waals surface area contributed by atoms with Crippen LogP contribution in [0.5, 0.6) is 0 Å². The van der Waals surface area contributed by atoms with Gasteiger partial charge in [0.2, 0.25) is 0 Å². The van der Waals surface area contributed by atoms with E-state index in [1.54, 1.807) is 0 Å². The minimum Gasteiger partial charge on any atom is -0.334 e. The van der Waals surface area contributed by atoms with E-state index in [-0.39, 0.29) is 6.54 Å². The summed E-state index contributed by atoms with van der Waals surface area (Å²) in [6.45, 7) is -0.814. The number of rotatable bonds is 4. The number of primary sulfonamides is 1. The minimum atomic E-state index is -4.71. The van der Waals surface area contributed by atoms with Crippen LogP contribution in [0.4, 0.5) is 13.2 Å². The van der Waals surface area contributed by atoms with Crippen LogP contribution in [-0.4, -0.2) is 30.9 Å². The topological polar surface area (TPSA) is 87.2 Å². The lowest BCUT2D eigenvalue weighted by atomic mass is 10.6. The SMILES string of the molecule is NS(=O)(=O)c1cn(CCOC(F)(F)F)cn1. The molecule has 6 nitrogen and oxygen atoms in total. The van der Waals surface area contributed by atoms with Crippen molar-refractivity contribution in [1.82, 2.24) is 9.55 Å². The molecule has 0 bridgehead atoms. The van der Waals surface area contributed by atoms with Gasteiger partial charge in [0.25, 0.3) is 10.0 Å². The summed E-state index contributed by atoms with van der Waals surface area (Å²) in [5, 5.41) is 4.35. The fraction of sp³-hybridized carbons (Fsp3) is 0.500. The van der Waals surface area contributed by atoms with E-state index < -0.39 is 28.0 Å². The van der Waals surface area contributed by atoms with Gasteiger partial charge < -0.3 is 4.57 Å². The number of sulfonamides is 1. The third-order valence-corrected chi connectivity index (χ3v) is 2.31. The summed E-state index contributed by atoms with van der Waals surface area (Å²) in [6.07, 6.45) is -2.63. The third kappa shape index (κ3) is 4.16. The van der Waals surface area contributed by atoms with E-state index in [4.69, 9.17) is 5.14 Å². The Hall–Kier alpha value is -1.13. The quantitative estimate of drug-likeness (QED) is 0.828. The van der Waals surface area contributed by atoms with Crippen LogP contribution in [0.3, 0.4) is 0 Å². The summed E-state index contributed by atoms with van der Waals surface area (Å²) >= 11 is 0. The number of imidazole rings is 1. The Labute approximate surface area is 88.9 Å². The molecular formula is C6H8F3N3O3S. The smallest absolute Gasteiger partial charge is 0.334 e. The highest BCUT2D eigenvalue weighted by Gasteiger charge is 2.28. The van der Waals surface area contributed by atoms with Crippen molar-refractivity contribution in [3.8, 4) is 0 Å². The molecule has 1 aromatic rings. The van der Waals surface area contributed by atoms with Crippen LogP contribution < -0.4 is 5.14 Å². The first-order chi connectivity index (χ1) is 7.18. The monoisotopic (exact) mass is 259 g/mol. The largest absolute Gasteiger partial charge is 0.522 e. The van der Waals surface area contributed by atoms with Crippen molar-refractivity contribution in [3.63, 3.8) is 0 Å². The van der Waals surface area contributed by atoms with Gasteiger partial charge in [-0.05, 0) is 0 Å². The van der Waals surface area contributed by atoms with Gasteiger partial charge in [0.15, 0.2) is 5.03 Å². The van der Waals surface area contributed by atoms with E-state index in [1.807, 2.05) is 0 Å². The Morgan fingerprint density at radius 1 is 1.50 bits per heavy atom. The second kappa shape index (κ2) is 4.39. The molecule has 16 heavy (non-hydrogen) atoms. The van der Waals surface area contributed by atoms with Crippen molar-refractivity contribution >= 4 is 10.0 Å². The van der Waals surface area contributed by atoms with Crippen molar-refractivity contribution in [2.45, 2.75) is 17.9 Å². The average molecular weight is 259 g/mol. The van der Waals surface area contributed by atoms with Crippen molar-refractivity contribution in [3.05, 3.63) is 12.5 Å². The number of nitrogens with zero attached hydrogens (tertiary/aromatic N) is 2. The molecule has 92 valence electrons. The molecule has 0 saturated carbocycles. The van der Waals surface area contributed by atoms with E-state index >= 15 is 0 Å². The zero-order valence-corrected chi connectivity index (χ0v) is 8.62. The third-order valence-electron chi connectivity index (χ3n) is 1.52. The van der Waals surface area contributed by atoms with Gasteiger partial charge in [-0.25, -0.2) is 18.5 Å². The summed E-state index contributed by atoms with van der Waals surface area (Å²) in [5.41, 5.74) is 0. The lowest BCUT2D eigenvalue weighted by Gasteiger charge is -2.06. The van der Waals surface area contributed by atoms with E-state index in [1.165, 1.54) is 0 Å². The summed E-state index contributed by atoms with van der Waals surface area (Å²) in [4.78, 5) is 3.42. The average Bonchev–Trinajstić information content (AvgIpc) is 2.49. The van der Waals surface area contributed by atoms with Gasteiger partial charge in [0.05, 0.1) is 12.9 Å². The number of aromatic nitrogens is 2. The van der Waals surface area contributed by atoms with Gasteiger partial charge >= 0.3 is 6.36 Å². The van der Waals surface area contributed by atoms with E-state index in [9.17, 15) is 21.6 Å². The summed E-state index contributed by atoms with van der Waals surface area (Å²) in [5.74, 6) is 0. The fourth-order valence-electron chi connectivity index (χ4n) is 0.876. The van der Waals surface area contributed by atoms with Crippen molar-refractivity contribution in [1.29, 1.82) is 0 Å². The number of hydrogen-bond donors (Lipinski definition) is 1. The normalized spacial score (nSPS) is 13.0. The molecule has 0 amide bonds. The lowest BCUT2D eigenvalue weighted by Crippen LogP contribution is -2.17. The second-order valence-electron chi connectivity index (χ2n) is 2.79. The molecule has 0 aliphatic rings. The number of halogens is 3. The van der Waals surface area contributed by atoms with Gasteiger partial charge in [0, 0.05) is 12.7 Å². The zero-order chi connectivity index (χ0) is 12.4. The van der Waals surface area contributed by atoms with Crippen LogP contribution in [0, 0.1) is 0 Å². The first kappa shape index (κ1) is 12.9. The van der Waals surface area contributed by atoms with Gasteiger partial charge in [-0.2, -0.15) is 0 Å². The number of hydrogen-bond acceptors (Lipinski definition) is 4. The maximum Gasteiger partial charge on any atom is 0.522 e. The predicted octanol–water partition coefficient (Wildman–Crippen LogP) is 0.0669. The summed E-state index contributed by atoms with van der Waals surface area (Å²) in [7, 11) is -3.93. The minimum absolute atomic E-state index is 0.179. The Morgan fingerprint density at radius 3 is 2.56 bits per heavy atom. The van der Waals surface area contributed by atoms with Gasteiger partial charge in [-0.15, -0.1) is 13.2 Å². The molecule has 1 aromatic heterocycles. The molecule has 1 heterocycles. The van der Waals surface area contributed by atoms with Crippen LogP contribution in [0.25, 0.3) is 0 Å². The van der Waals surface area contributed by atoms with E-state index in [2.05, 4.69) is 9.72 Å². The van der Waals surface area contributed by atoms with Gasteiger partial charge in [-0.1, -0.05) is 0 Å². The van der Waals surface area contributed by atoms with Gasteiger partial charge in [0.1, 0.15) is 0 Å². The summed E-state index contributed by atoms with van der Waals surface area (Å²) in [6, 6.07) is 0. The standard InChI is InChI=1S/C6H8F3N3O3S/c7-6(8,9)15-2-1-12-3-5(11-4-12)16(10,13)14/h3-4H,1-2H2,(H2,10,13,14). The maximum absolute atomic E-state index is 11.6. The number of ether oxygens (including phenoxy) is 1. The molecule has 0 aromatic carbocycles. The molecule has 0 radical (unpaired) electrons. The molecule has 0 atom stereocenters. The molecular weight excluding hydrogens is 251 g/mol.